The molecule has 2 saturated heterocycles. The van der Waals surface area contributed by atoms with Crippen molar-refractivity contribution in [2.75, 3.05) is 32.9 Å². The number of likely N-dealkylation sites (N-methyl/N-ethyl adjacent to an activating group) is 2. The van der Waals surface area contributed by atoms with Crippen LogP contribution in [-0.4, -0.2) is 133 Å². The first-order valence-corrected chi connectivity index (χ1v) is 30.0. The number of aryl methyl sites for hydroxylation is 2. The van der Waals surface area contributed by atoms with E-state index < -0.39 is 60.1 Å². The van der Waals surface area contributed by atoms with Crippen LogP contribution in [0.5, 0.6) is 0 Å². The van der Waals surface area contributed by atoms with Crippen LogP contribution in [0.2, 0.25) is 0 Å². The molecule has 0 bridgehead atoms. The first-order valence-electron chi connectivity index (χ1n) is 30.0. The van der Waals surface area contributed by atoms with Crippen molar-refractivity contribution in [3.63, 3.8) is 0 Å². The van der Waals surface area contributed by atoms with E-state index in [-0.39, 0.29) is 139 Å². The summed E-state index contributed by atoms with van der Waals surface area (Å²) in [6.07, 6.45) is 14.0. The molecular weight excluding hydrogens is 1130 g/mol. The Morgan fingerprint density at radius 3 is 1.26 bits per heavy atom. The molecule has 19 nitrogen and oxygen atoms in total. The van der Waals surface area contributed by atoms with Gasteiger partial charge in [-0.25, -0.2) is 0 Å². The van der Waals surface area contributed by atoms with E-state index in [0.29, 0.717) is 0 Å². The number of rotatable bonds is 18. The van der Waals surface area contributed by atoms with E-state index in [0.717, 1.165) is 114 Å². The van der Waals surface area contributed by atoms with Gasteiger partial charge >= 0.3 is 0 Å². The van der Waals surface area contributed by atoms with Gasteiger partial charge in [-0.1, -0.05) is 87.1 Å². The summed E-state index contributed by atoms with van der Waals surface area (Å²) in [6.45, 7) is 3.45. The molecule has 2 aliphatic heterocycles. The molecule has 460 valence electrons. The van der Waals surface area contributed by atoms with Gasteiger partial charge in [0.25, 0.3) is 11.8 Å². The minimum atomic E-state index is -0.961. The van der Waals surface area contributed by atoms with Crippen molar-refractivity contribution in [3.05, 3.63) is 100 Å². The second kappa shape index (κ2) is 30.9. The van der Waals surface area contributed by atoms with Crippen molar-refractivity contribution >= 4 is 90.2 Å². The fourth-order valence-corrected chi connectivity index (χ4v) is 13.5. The number of likely N-dealkylation sites (tertiary alicyclic amines) is 2. The van der Waals surface area contributed by atoms with Crippen LogP contribution in [0.3, 0.4) is 0 Å². The number of nitrogen functional groups attached to an aromatic ring is 1. The number of carbonyl (C=O) groups is 8. The molecule has 10 atom stereocenters. The number of halogens is 3. The van der Waals surface area contributed by atoms with E-state index >= 15 is 9.59 Å². The molecule has 0 radical (unpaired) electrons. The Kier molecular flexibility index (Phi) is 24.7. The number of carbonyl (C=O) groups excluding carboxylic acids is 8. The smallest absolute Gasteiger partial charge is 0.251 e. The molecule has 9 rings (SSSR count). The maximum atomic E-state index is 15.0. The molecular formula is C62H88Cl3N11O8. The first-order chi connectivity index (χ1) is 39.1. The van der Waals surface area contributed by atoms with Gasteiger partial charge in [0.1, 0.15) is 24.2 Å². The van der Waals surface area contributed by atoms with E-state index in [1.54, 1.807) is 27.9 Å². The Hall–Kier alpha value is -5.99. The zero-order valence-electron chi connectivity index (χ0n) is 48.9. The number of benzene rings is 3. The fraction of sp³-hybridized carbons (Fsp3) is 0.581. The third kappa shape index (κ3) is 15.9. The maximum absolute atomic E-state index is 15.0. The standard InChI is InChI=1S/C62H85N11O8.3ClH/c1-36(64-3)55(74)70-53(40-19-7-5-8-20-40)61(80)72-34-45(32-51(72)59(78)68-49-27-15-23-38-17-11-13-25-47(38)49)66-57(76)42-29-43(31-44(63)30-42)58(77)67-46-33-52(60(79)69-50-28-16-24-39-18-12-14-26-48(39)50)73(35-46)62(81)54(41-21-9-6-10-22-41)71-56(75)37(2)65-4;;;/h11-14,17-18,25-26,29-31,36-37,40-41,45-46,49-54,64-65H,5-10,15-16,19-24,27-28,32-35,63H2,1-4H3,(H,66,76)(H,67,77)(H,68,78)(H,69,79)(H,70,74)(H,71,75);3*1H/t36-,37-,45-,46-,49+,50+,51-,52-,53-,54-;;;/m0.../s1. The van der Waals surface area contributed by atoms with Gasteiger partial charge < -0.3 is 58.1 Å². The van der Waals surface area contributed by atoms with Gasteiger partial charge in [0.05, 0.1) is 24.2 Å². The van der Waals surface area contributed by atoms with Crippen LogP contribution in [0.25, 0.3) is 0 Å². The Labute approximate surface area is 513 Å². The minimum absolute atomic E-state index is 0. The normalized spacial score (nSPS) is 23.6. The largest absolute Gasteiger partial charge is 0.399 e. The molecule has 4 fully saturated rings. The fourth-order valence-electron chi connectivity index (χ4n) is 13.5. The van der Waals surface area contributed by atoms with Crippen molar-refractivity contribution in [3.8, 4) is 0 Å². The Morgan fingerprint density at radius 1 is 0.500 bits per heavy atom. The van der Waals surface area contributed by atoms with E-state index in [4.69, 9.17) is 5.73 Å². The van der Waals surface area contributed by atoms with Crippen LogP contribution < -0.4 is 48.3 Å². The molecule has 0 aromatic heterocycles. The van der Waals surface area contributed by atoms with Crippen LogP contribution in [-0.2, 0) is 41.6 Å². The first kappa shape index (κ1) is 67.1. The van der Waals surface area contributed by atoms with Crippen molar-refractivity contribution < 1.29 is 38.4 Å². The Bertz CT molecular complexity index is 2630. The predicted molar refractivity (Wildman–Crippen MR) is 330 cm³/mol. The van der Waals surface area contributed by atoms with E-state index in [1.807, 2.05) is 36.4 Å². The van der Waals surface area contributed by atoms with Crippen LogP contribution in [0.4, 0.5) is 5.69 Å². The number of hydrogen-bond acceptors (Lipinski definition) is 11. The van der Waals surface area contributed by atoms with Crippen LogP contribution in [0.15, 0.2) is 66.7 Å². The van der Waals surface area contributed by atoms with Gasteiger partial charge in [-0.15, -0.1) is 37.2 Å². The zero-order chi connectivity index (χ0) is 57.3. The average molecular weight is 1220 g/mol. The number of nitrogens with one attached hydrogen (secondary N) is 8. The summed E-state index contributed by atoms with van der Waals surface area (Å²) in [5, 5.41) is 24.6. The maximum Gasteiger partial charge on any atom is 0.251 e. The van der Waals surface area contributed by atoms with Gasteiger partial charge in [0.2, 0.25) is 35.4 Å². The Morgan fingerprint density at radius 2 is 0.881 bits per heavy atom. The summed E-state index contributed by atoms with van der Waals surface area (Å²) in [7, 11) is 3.36. The lowest BCUT2D eigenvalue weighted by Gasteiger charge is -2.35. The summed E-state index contributed by atoms with van der Waals surface area (Å²) >= 11 is 0. The molecule has 3 aromatic rings. The molecule has 8 amide bonds. The molecule has 0 unspecified atom stereocenters. The summed E-state index contributed by atoms with van der Waals surface area (Å²) in [6, 6.07) is 13.7. The molecule has 3 aromatic carbocycles. The highest BCUT2D eigenvalue weighted by Crippen LogP contribution is 2.35. The minimum Gasteiger partial charge on any atom is -0.399 e. The van der Waals surface area contributed by atoms with Crippen molar-refractivity contribution in [1.29, 1.82) is 0 Å². The second-order valence-electron chi connectivity index (χ2n) is 23.8. The summed E-state index contributed by atoms with van der Waals surface area (Å²) < 4.78 is 0. The van der Waals surface area contributed by atoms with Crippen molar-refractivity contribution in [2.45, 2.75) is 190 Å². The number of hydrogen-bond donors (Lipinski definition) is 9. The molecule has 22 heteroatoms. The summed E-state index contributed by atoms with van der Waals surface area (Å²) in [4.78, 5) is 118. The van der Waals surface area contributed by atoms with Gasteiger partial charge in [-0.2, -0.15) is 0 Å². The van der Waals surface area contributed by atoms with E-state index in [1.165, 1.54) is 39.1 Å². The van der Waals surface area contributed by atoms with Gasteiger partial charge in [0.15, 0.2) is 0 Å². The third-order valence-electron chi connectivity index (χ3n) is 18.3. The van der Waals surface area contributed by atoms with Crippen LogP contribution >= 0.6 is 37.2 Å². The molecule has 6 aliphatic rings. The number of nitrogens with zero attached hydrogens (tertiary/aromatic N) is 2. The van der Waals surface area contributed by atoms with Crippen molar-refractivity contribution in [1.82, 2.24) is 52.3 Å². The monoisotopic (exact) mass is 1220 g/mol. The Balaban J connectivity index is 0.00000377. The van der Waals surface area contributed by atoms with Crippen molar-refractivity contribution in [2.24, 2.45) is 11.8 Å². The van der Waals surface area contributed by atoms with E-state index in [2.05, 4.69) is 54.7 Å². The molecule has 10 N–H and O–H groups in total. The highest BCUT2D eigenvalue weighted by molar-refractivity contribution is 6.02. The van der Waals surface area contributed by atoms with E-state index in [9.17, 15) is 28.8 Å². The SMILES string of the molecule is CN[C@@H](C)C(=O)N[C@H](C(=O)N1C[C@@H](NC(=O)c2cc(N)cc(C(=O)N[C@H]3C[C@@H](C(=O)N[C@@H]4CCCc5ccccc54)N(C(=O)[C@@H](NC(=O)[C@H](C)NC)C4CCCCC4)C3)c2)C[C@H]1C(=O)N[C@@H]1CCCc2ccccc21)C1CCCCC1.Cl.Cl.Cl. The number of anilines is 1. The topological polar surface area (TPSA) is 265 Å². The van der Waals surface area contributed by atoms with Gasteiger partial charge in [-0.3, -0.25) is 38.4 Å². The summed E-state index contributed by atoms with van der Waals surface area (Å²) in [5.74, 6) is -3.47. The van der Waals surface area contributed by atoms with Gasteiger partial charge in [0, 0.05) is 42.0 Å². The molecule has 84 heavy (non-hydrogen) atoms. The quantitative estimate of drug-likeness (QED) is 0.0701. The number of nitrogens with two attached hydrogens (primary N) is 1. The van der Waals surface area contributed by atoms with Crippen LogP contribution in [0, 0.1) is 11.8 Å². The summed E-state index contributed by atoms with van der Waals surface area (Å²) in [5.41, 5.74) is 11.2. The third-order valence-corrected chi connectivity index (χ3v) is 18.3. The number of fused-ring (bicyclic) bond motifs is 2. The lowest BCUT2D eigenvalue weighted by Crippen LogP contribution is -2.58. The number of amides is 8. The molecule has 0 spiro atoms. The zero-order valence-corrected chi connectivity index (χ0v) is 51.3. The second-order valence-corrected chi connectivity index (χ2v) is 23.8. The lowest BCUT2D eigenvalue weighted by molar-refractivity contribution is -0.143. The van der Waals surface area contributed by atoms with Crippen LogP contribution in [0.1, 0.15) is 172 Å². The predicted octanol–water partition coefficient (Wildman–Crippen LogP) is 5.67. The lowest BCUT2D eigenvalue weighted by atomic mass is 9.83. The highest BCUT2D eigenvalue weighted by atomic mass is 35.5. The van der Waals surface area contributed by atoms with Gasteiger partial charge in [-0.05, 0) is 157 Å². The molecule has 2 heterocycles. The molecule has 2 saturated carbocycles. The molecule has 4 aliphatic carbocycles. The highest BCUT2D eigenvalue weighted by Gasteiger charge is 2.47. The average Bonchev–Trinajstić information content (AvgIpc) is 4.32.